The second-order valence-electron chi connectivity index (χ2n) is 19.2. The molecule has 0 amide bonds. The van der Waals surface area contributed by atoms with Gasteiger partial charge < -0.3 is 14.2 Å². The third-order valence-corrected chi connectivity index (χ3v) is 12.7. The fraction of sp³-hybridized carbons (Fsp3) is 0.879. The molecule has 0 bridgehead atoms. The Labute approximate surface area is 398 Å². The average Bonchev–Trinajstić information content (AvgIpc) is 3.29. The van der Waals surface area contributed by atoms with Gasteiger partial charge in [0.25, 0.3) is 0 Å². The number of hydrogen-bond acceptors (Lipinski definition) is 6. The summed E-state index contributed by atoms with van der Waals surface area (Å²) in [5.74, 6) is -0.865. The van der Waals surface area contributed by atoms with E-state index in [1.807, 2.05) is 0 Å². The summed E-state index contributed by atoms with van der Waals surface area (Å²) in [6.07, 6.45) is 61.6. The van der Waals surface area contributed by atoms with Gasteiger partial charge >= 0.3 is 17.9 Å². The second kappa shape index (κ2) is 53.5. The molecular formula is C58H108O6. The Kier molecular flexibility index (Phi) is 51.7. The number of carbonyl (C=O) groups excluding carboxylic acids is 3. The van der Waals surface area contributed by atoms with E-state index in [1.165, 1.54) is 193 Å². The lowest BCUT2D eigenvalue weighted by Gasteiger charge is -2.18. The zero-order valence-corrected chi connectivity index (χ0v) is 43.1. The number of allylic oxidation sites excluding steroid dienone is 4. The van der Waals surface area contributed by atoms with E-state index in [-0.39, 0.29) is 31.1 Å². The largest absolute Gasteiger partial charge is 0.462 e. The molecule has 0 rings (SSSR count). The normalized spacial score (nSPS) is 12.1. The fourth-order valence-corrected chi connectivity index (χ4v) is 8.42. The predicted octanol–water partition coefficient (Wildman–Crippen LogP) is 18.7. The molecule has 64 heavy (non-hydrogen) atoms. The highest BCUT2D eigenvalue weighted by Gasteiger charge is 2.19. The van der Waals surface area contributed by atoms with Gasteiger partial charge in [0.15, 0.2) is 6.10 Å². The summed E-state index contributed by atoms with van der Waals surface area (Å²) in [4.78, 5) is 38.1. The summed E-state index contributed by atoms with van der Waals surface area (Å²) in [6, 6.07) is 0. The third-order valence-electron chi connectivity index (χ3n) is 12.7. The van der Waals surface area contributed by atoms with E-state index < -0.39 is 6.10 Å². The molecule has 0 aliphatic heterocycles. The summed E-state index contributed by atoms with van der Waals surface area (Å²) < 4.78 is 16.9. The van der Waals surface area contributed by atoms with Crippen LogP contribution in [0, 0.1) is 0 Å². The van der Waals surface area contributed by atoms with Crippen molar-refractivity contribution >= 4 is 17.9 Å². The van der Waals surface area contributed by atoms with Crippen molar-refractivity contribution in [1.29, 1.82) is 0 Å². The molecule has 0 aliphatic rings. The standard InChI is InChI=1S/C58H108O6/c1-4-7-10-13-16-19-22-25-28-31-33-36-39-42-45-48-51-57(60)63-54-55(64-58(61)52-49-46-43-40-37-34-30-27-24-21-18-15-12-9-6-3)53-62-56(59)50-47-44-41-38-35-32-29-26-23-20-17-14-11-8-5-2/h18,21,27,30,55H,4-17,19-20,22-26,28-29,31-54H2,1-3H3/b21-18-,30-27-. The van der Waals surface area contributed by atoms with Crippen LogP contribution in [0.3, 0.4) is 0 Å². The van der Waals surface area contributed by atoms with Crippen LogP contribution in [0.25, 0.3) is 0 Å². The van der Waals surface area contributed by atoms with Crippen LogP contribution in [0.1, 0.15) is 310 Å². The first-order valence-corrected chi connectivity index (χ1v) is 28.3. The van der Waals surface area contributed by atoms with Crippen molar-refractivity contribution in [2.45, 2.75) is 316 Å². The quantitative estimate of drug-likeness (QED) is 0.0262. The molecule has 0 aliphatic carbocycles. The van der Waals surface area contributed by atoms with E-state index in [2.05, 4.69) is 45.1 Å². The van der Waals surface area contributed by atoms with Gasteiger partial charge in [0.1, 0.15) is 13.2 Å². The van der Waals surface area contributed by atoms with Crippen molar-refractivity contribution in [3.63, 3.8) is 0 Å². The van der Waals surface area contributed by atoms with E-state index in [9.17, 15) is 14.4 Å². The number of ether oxygens (including phenoxy) is 3. The van der Waals surface area contributed by atoms with E-state index in [1.54, 1.807) is 0 Å². The van der Waals surface area contributed by atoms with E-state index in [4.69, 9.17) is 14.2 Å². The van der Waals surface area contributed by atoms with E-state index in [0.717, 1.165) is 77.0 Å². The lowest BCUT2D eigenvalue weighted by atomic mass is 10.0. The van der Waals surface area contributed by atoms with Crippen LogP contribution in [0.5, 0.6) is 0 Å². The van der Waals surface area contributed by atoms with Gasteiger partial charge in [-0.25, -0.2) is 0 Å². The van der Waals surface area contributed by atoms with Crippen LogP contribution in [-0.4, -0.2) is 37.2 Å². The van der Waals surface area contributed by atoms with Crippen molar-refractivity contribution in [1.82, 2.24) is 0 Å². The molecule has 0 spiro atoms. The zero-order chi connectivity index (χ0) is 46.5. The number of esters is 3. The Morgan fingerprint density at radius 2 is 0.562 bits per heavy atom. The van der Waals surface area contributed by atoms with Crippen LogP contribution in [-0.2, 0) is 28.6 Å². The number of unbranched alkanes of at least 4 members (excludes halogenated alkanes) is 37. The molecule has 376 valence electrons. The Hall–Kier alpha value is -2.11. The number of rotatable bonds is 52. The molecule has 0 N–H and O–H groups in total. The van der Waals surface area contributed by atoms with Crippen molar-refractivity contribution in [3.8, 4) is 0 Å². The van der Waals surface area contributed by atoms with Gasteiger partial charge in [-0.3, -0.25) is 14.4 Å². The zero-order valence-electron chi connectivity index (χ0n) is 43.1. The van der Waals surface area contributed by atoms with Crippen LogP contribution in [0.15, 0.2) is 24.3 Å². The maximum Gasteiger partial charge on any atom is 0.306 e. The third kappa shape index (κ3) is 50.9. The van der Waals surface area contributed by atoms with Crippen molar-refractivity contribution in [2.75, 3.05) is 13.2 Å². The van der Waals surface area contributed by atoms with Gasteiger partial charge in [0.05, 0.1) is 0 Å². The molecule has 1 unspecified atom stereocenters. The predicted molar refractivity (Wildman–Crippen MR) is 275 cm³/mol. The van der Waals surface area contributed by atoms with Crippen LogP contribution in [0.2, 0.25) is 0 Å². The first-order valence-electron chi connectivity index (χ1n) is 28.3. The van der Waals surface area contributed by atoms with Gasteiger partial charge in [-0.1, -0.05) is 263 Å². The van der Waals surface area contributed by atoms with Gasteiger partial charge in [0.2, 0.25) is 0 Å². The van der Waals surface area contributed by atoms with Crippen molar-refractivity contribution in [3.05, 3.63) is 24.3 Å². The Morgan fingerprint density at radius 1 is 0.312 bits per heavy atom. The lowest BCUT2D eigenvalue weighted by molar-refractivity contribution is -0.167. The Bertz CT molecular complexity index is 1040. The highest BCUT2D eigenvalue weighted by molar-refractivity contribution is 5.71. The van der Waals surface area contributed by atoms with Crippen LogP contribution >= 0.6 is 0 Å². The topological polar surface area (TPSA) is 78.9 Å². The molecule has 0 saturated heterocycles. The van der Waals surface area contributed by atoms with E-state index in [0.29, 0.717) is 19.3 Å². The smallest absolute Gasteiger partial charge is 0.306 e. The molecule has 0 aromatic heterocycles. The molecule has 0 aromatic rings. The molecule has 6 heteroatoms. The van der Waals surface area contributed by atoms with Crippen molar-refractivity contribution in [2.24, 2.45) is 0 Å². The first-order chi connectivity index (χ1) is 31.5. The second-order valence-corrected chi connectivity index (χ2v) is 19.2. The maximum atomic E-state index is 12.8. The minimum absolute atomic E-state index is 0.0716. The summed E-state index contributed by atoms with van der Waals surface area (Å²) in [5.41, 5.74) is 0. The maximum absolute atomic E-state index is 12.8. The molecule has 0 aromatic carbocycles. The molecule has 0 heterocycles. The summed E-state index contributed by atoms with van der Waals surface area (Å²) in [6.45, 7) is 6.65. The number of hydrogen-bond donors (Lipinski definition) is 0. The summed E-state index contributed by atoms with van der Waals surface area (Å²) in [7, 11) is 0. The molecule has 6 nitrogen and oxygen atoms in total. The van der Waals surface area contributed by atoms with Gasteiger partial charge in [-0.15, -0.1) is 0 Å². The molecule has 1 atom stereocenters. The van der Waals surface area contributed by atoms with Crippen LogP contribution in [0.4, 0.5) is 0 Å². The Balaban J connectivity index is 4.34. The minimum atomic E-state index is -0.773. The molecule has 0 radical (unpaired) electrons. The monoisotopic (exact) mass is 901 g/mol. The van der Waals surface area contributed by atoms with Crippen molar-refractivity contribution < 1.29 is 28.6 Å². The minimum Gasteiger partial charge on any atom is -0.462 e. The van der Waals surface area contributed by atoms with Gasteiger partial charge in [-0.2, -0.15) is 0 Å². The average molecular weight is 901 g/mol. The highest BCUT2D eigenvalue weighted by atomic mass is 16.6. The van der Waals surface area contributed by atoms with E-state index >= 15 is 0 Å². The molecule has 0 saturated carbocycles. The number of carbonyl (C=O) groups is 3. The van der Waals surface area contributed by atoms with Crippen LogP contribution < -0.4 is 0 Å². The lowest BCUT2D eigenvalue weighted by Crippen LogP contribution is -2.30. The van der Waals surface area contributed by atoms with Gasteiger partial charge in [-0.05, 0) is 51.4 Å². The fourth-order valence-electron chi connectivity index (χ4n) is 8.42. The highest BCUT2D eigenvalue weighted by Crippen LogP contribution is 2.17. The summed E-state index contributed by atoms with van der Waals surface area (Å²) in [5, 5.41) is 0. The molecular weight excluding hydrogens is 793 g/mol. The van der Waals surface area contributed by atoms with Gasteiger partial charge in [0, 0.05) is 19.3 Å². The molecule has 0 fully saturated rings. The first kappa shape index (κ1) is 61.9. The Morgan fingerprint density at radius 3 is 0.891 bits per heavy atom. The SMILES string of the molecule is CCCCC/C=C\C/C=C\CCCCCCCC(=O)OC(COC(=O)CCCCCCCCCCCCCCCCC)COC(=O)CCCCCCCCCCCCCCCCCC. The summed E-state index contributed by atoms with van der Waals surface area (Å²) >= 11 is 0.